The van der Waals surface area contributed by atoms with Gasteiger partial charge in [0.2, 0.25) is 10.0 Å². The fourth-order valence-corrected chi connectivity index (χ4v) is 3.81. The van der Waals surface area contributed by atoms with Crippen LogP contribution >= 0.6 is 0 Å². The van der Waals surface area contributed by atoms with E-state index in [4.69, 9.17) is 0 Å². The molecule has 1 aromatic carbocycles. The van der Waals surface area contributed by atoms with E-state index in [-0.39, 0.29) is 16.9 Å². The third-order valence-corrected chi connectivity index (χ3v) is 4.83. The summed E-state index contributed by atoms with van der Waals surface area (Å²) in [6.07, 6.45) is -4.94. The molecular weight excluding hydrogens is 345 g/mol. The SMILES string of the molecule is CCC(NC(=O)C(F)(F)F)c1ccccc1S(=O)(=O)NC(C)(C)C. The summed E-state index contributed by atoms with van der Waals surface area (Å²) < 4.78 is 64.9. The molecule has 0 bridgehead atoms. The lowest BCUT2D eigenvalue weighted by Gasteiger charge is -2.24. The molecule has 2 N–H and O–H groups in total. The quantitative estimate of drug-likeness (QED) is 0.841. The van der Waals surface area contributed by atoms with Crippen LogP contribution in [0.15, 0.2) is 29.2 Å². The maximum atomic E-state index is 12.5. The van der Waals surface area contributed by atoms with Crippen molar-refractivity contribution in [3.05, 3.63) is 29.8 Å². The number of benzene rings is 1. The van der Waals surface area contributed by atoms with Crippen molar-refractivity contribution in [3.63, 3.8) is 0 Å². The van der Waals surface area contributed by atoms with Crippen molar-refractivity contribution >= 4 is 15.9 Å². The second kappa shape index (κ2) is 7.10. The van der Waals surface area contributed by atoms with Gasteiger partial charge in [0.05, 0.1) is 10.9 Å². The molecule has 136 valence electrons. The lowest BCUT2D eigenvalue weighted by Crippen LogP contribution is -2.42. The molecule has 0 spiro atoms. The van der Waals surface area contributed by atoms with E-state index in [0.29, 0.717) is 0 Å². The molecule has 0 radical (unpaired) electrons. The molecule has 1 atom stereocenters. The monoisotopic (exact) mass is 366 g/mol. The van der Waals surface area contributed by atoms with E-state index in [1.807, 2.05) is 5.32 Å². The first-order chi connectivity index (χ1) is 10.8. The van der Waals surface area contributed by atoms with E-state index < -0.39 is 33.7 Å². The third kappa shape index (κ3) is 5.48. The van der Waals surface area contributed by atoms with E-state index in [1.165, 1.54) is 24.3 Å². The van der Waals surface area contributed by atoms with Crippen LogP contribution in [-0.4, -0.2) is 26.0 Å². The molecule has 0 heterocycles. The van der Waals surface area contributed by atoms with Crippen LogP contribution in [0.5, 0.6) is 0 Å². The first-order valence-corrected chi connectivity index (χ1v) is 8.77. The highest BCUT2D eigenvalue weighted by Gasteiger charge is 2.40. The van der Waals surface area contributed by atoms with Gasteiger partial charge in [-0.25, -0.2) is 13.1 Å². The van der Waals surface area contributed by atoms with E-state index >= 15 is 0 Å². The molecule has 0 aliphatic heterocycles. The second-order valence-electron chi connectivity index (χ2n) is 6.33. The van der Waals surface area contributed by atoms with Crippen LogP contribution in [0.3, 0.4) is 0 Å². The molecule has 0 aromatic heterocycles. The van der Waals surface area contributed by atoms with Crippen molar-refractivity contribution in [1.29, 1.82) is 0 Å². The summed E-state index contributed by atoms with van der Waals surface area (Å²) in [4.78, 5) is 11.0. The highest BCUT2D eigenvalue weighted by Crippen LogP contribution is 2.27. The number of alkyl halides is 3. The minimum atomic E-state index is -5.04. The van der Waals surface area contributed by atoms with Gasteiger partial charge in [-0.3, -0.25) is 4.79 Å². The summed E-state index contributed by atoms with van der Waals surface area (Å²) >= 11 is 0. The molecule has 9 heteroatoms. The molecule has 1 unspecified atom stereocenters. The summed E-state index contributed by atoms with van der Waals surface area (Å²) in [7, 11) is -3.96. The Morgan fingerprint density at radius 2 is 1.71 bits per heavy atom. The Kier molecular flexibility index (Phi) is 6.05. The van der Waals surface area contributed by atoms with Crippen molar-refractivity contribution in [2.45, 2.75) is 56.8 Å². The molecule has 0 fully saturated rings. The predicted molar refractivity (Wildman–Crippen MR) is 83.7 cm³/mol. The number of carbonyl (C=O) groups excluding carboxylic acids is 1. The molecule has 1 rings (SSSR count). The highest BCUT2D eigenvalue weighted by molar-refractivity contribution is 7.89. The van der Waals surface area contributed by atoms with Crippen LogP contribution < -0.4 is 10.0 Å². The topological polar surface area (TPSA) is 75.3 Å². The van der Waals surface area contributed by atoms with Crippen LogP contribution in [0, 0.1) is 0 Å². The van der Waals surface area contributed by atoms with Gasteiger partial charge in [0, 0.05) is 5.54 Å². The lowest BCUT2D eigenvalue weighted by molar-refractivity contribution is -0.174. The number of amides is 1. The number of sulfonamides is 1. The van der Waals surface area contributed by atoms with Crippen LogP contribution in [0.4, 0.5) is 13.2 Å². The average molecular weight is 366 g/mol. The minimum absolute atomic E-state index is 0.101. The average Bonchev–Trinajstić information content (AvgIpc) is 2.41. The van der Waals surface area contributed by atoms with E-state index in [1.54, 1.807) is 27.7 Å². The molecule has 0 saturated heterocycles. The van der Waals surface area contributed by atoms with Crippen molar-refractivity contribution in [2.24, 2.45) is 0 Å². The fourth-order valence-electron chi connectivity index (χ4n) is 2.11. The van der Waals surface area contributed by atoms with E-state index in [9.17, 15) is 26.4 Å². The van der Waals surface area contributed by atoms with Crippen LogP contribution in [0.1, 0.15) is 45.7 Å². The van der Waals surface area contributed by atoms with Crippen LogP contribution in [-0.2, 0) is 14.8 Å². The Balaban J connectivity index is 3.28. The Bertz CT molecular complexity index is 695. The zero-order valence-electron chi connectivity index (χ0n) is 13.9. The van der Waals surface area contributed by atoms with Gasteiger partial charge in [-0.15, -0.1) is 0 Å². The number of carbonyl (C=O) groups is 1. The fraction of sp³-hybridized carbons (Fsp3) is 0.533. The Morgan fingerprint density at radius 1 is 1.17 bits per heavy atom. The van der Waals surface area contributed by atoms with Gasteiger partial charge in [0.25, 0.3) is 0 Å². The van der Waals surface area contributed by atoms with Gasteiger partial charge in [0.15, 0.2) is 0 Å². The number of halogens is 3. The molecule has 1 amide bonds. The summed E-state index contributed by atoms with van der Waals surface area (Å²) in [5.74, 6) is -2.11. The van der Waals surface area contributed by atoms with Gasteiger partial charge in [-0.2, -0.15) is 13.2 Å². The van der Waals surface area contributed by atoms with E-state index in [0.717, 1.165) is 0 Å². The number of rotatable bonds is 5. The molecule has 5 nitrogen and oxygen atoms in total. The minimum Gasteiger partial charge on any atom is -0.341 e. The molecule has 0 saturated carbocycles. The Labute approximate surface area is 139 Å². The molecular formula is C15H21F3N2O3S. The first kappa shape index (κ1) is 20.4. The highest BCUT2D eigenvalue weighted by atomic mass is 32.2. The zero-order valence-corrected chi connectivity index (χ0v) is 14.7. The summed E-state index contributed by atoms with van der Waals surface area (Å²) in [6.45, 7) is 6.50. The maximum absolute atomic E-state index is 12.5. The van der Waals surface area contributed by atoms with Gasteiger partial charge < -0.3 is 5.32 Å². The second-order valence-corrected chi connectivity index (χ2v) is 7.98. The van der Waals surface area contributed by atoms with Crippen LogP contribution in [0.25, 0.3) is 0 Å². The summed E-state index contributed by atoms with van der Waals surface area (Å²) in [6, 6.07) is 4.59. The molecule has 0 aliphatic carbocycles. The number of hydrogen-bond donors (Lipinski definition) is 2. The van der Waals surface area contributed by atoms with Crippen molar-refractivity contribution in [1.82, 2.24) is 10.0 Å². The third-order valence-electron chi connectivity index (χ3n) is 3.00. The summed E-state index contributed by atoms with van der Waals surface area (Å²) in [5, 5.41) is 1.84. The van der Waals surface area contributed by atoms with Crippen molar-refractivity contribution < 1.29 is 26.4 Å². The summed E-state index contributed by atoms with van der Waals surface area (Å²) in [5.41, 5.74) is -0.655. The Hall–Kier alpha value is -1.61. The van der Waals surface area contributed by atoms with Gasteiger partial charge in [0.1, 0.15) is 0 Å². The standard InChI is InChI=1S/C15H21F3N2O3S/c1-5-11(19-13(21)15(16,17)18)10-8-6-7-9-12(10)24(22,23)20-14(2,3)4/h6-9,11,20H,5H2,1-4H3,(H,19,21). The van der Waals surface area contributed by atoms with Gasteiger partial charge in [-0.1, -0.05) is 25.1 Å². The van der Waals surface area contributed by atoms with Crippen molar-refractivity contribution in [2.75, 3.05) is 0 Å². The van der Waals surface area contributed by atoms with Crippen LogP contribution in [0.2, 0.25) is 0 Å². The number of nitrogens with one attached hydrogen (secondary N) is 2. The van der Waals surface area contributed by atoms with Gasteiger partial charge in [-0.05, 0) is 38.8 Å². The zero-order chi connectivity index (χ0) is 18.8. The van der Waals surface area contributed by atoms with Crippen molar-refractivity contribution in [3.8, 4) is 0 Å². The van der Waals surface area contributed by atoms with Gasteiger partial charge >= 0.3 is 12.1 Å². The smallest absolute Gasteiger partial charge is 0.341 e. The maximum Gasteiger partial charge on any atom is 0.471 e. The molecule has 0 aliphatic rings. The Morgan fingerprint density at radius 3 is 2.17 bits per heavy atom. The number of hydrogen-bond acceptors (Lipinski definition) is 3. The molecule has 1 aromatic rings. The predicted octanol–water partition coefficient (Wildman–Crippen LogP) is 2.89. The largest absolute Gasteiger partial charge is 0.471 e. The lowest BCUT2D eigenvalue weighted by atomic mass is 10.0. The van der Waals surface area contributed by atoms with E-state index in [2.05, 4.69) is 4.72 Å². The molecule has 24 heavy (non-hydrogen) atoms. The first-order valence-electron chi connectivity index (χ1n) is 7.28. The normalized spacial score (nSPS) is 14.3.